The van der Waals surface area contributed by atoms with E-state index < -0.39 is 4.92 Å². The molecule has 7 nitrogen and oxygen atoms in total. The Morgan fingerprint density at radius 1 is 1.48 bits per heavy atom. The normalized spacial score (nSPS) is 14.0. The number of hydrogen-bond acceptors (Lipinski definition) is 7. The predicted octanol–water partition coefficient (Wildman–Crippen LogP) is 2.51. The van der Waals surface area contributed by atoms with E-state index in [-0.39, 0.29) is 5.69 Å². The molecule has 3 N–H and O–H groups in total. The molecular weight excluding hydrogens is 290 g/mol. The first-order valence-corrected chi connectivity index (χ1v) is 7.48. The van der Waals surface area contributed by atoms with Gasteiger partial charge in [-0.15, -0.1) is 11.3 Å². The molecule has 0 radical (unpaired) electrons. The lowest BCUT2D eigenvalue weighted by atomic mass is 10.3. The van der Waals surface area contributed by atoms with E-state index in [4.69, 9.17) is 5.84 Å². The van der Waals surface area contributed by atoms with Crippen LogP contribution in [-0.4, -0.2) is 15.9 Å². The number of nitrogen functional groups attached to an aromatic ring is 1. The molecule has 1 saturated carbocycles. The van der Waals surface area contributed by atoms with Crippen molar-refractivity contribution in [2.24, 2.45) is 5.84 Å². The van der Waals surface area contributed by atoms with Crippen molar-refractivity contribution in [1.82, 2.24) is 4.98 Å². The highest BCUT2D eigenvalue weighted by molar-refractivity contribution is 7.09. The summed E-state index contributed by atoms with van der Waals surface area (Å²) in [5, 5.41) is 13.3. The van der Waals surface area contributed by atoms with E-state index in [1.807, 2.05) is 22.4 Å². The third kappa shape index (κ3) is 2.96. The van der Waals surface area contributed by atoms with Crippen molar-refractivity contribution < 1.29 is 4.92 Å². The number of nitrogens with one attached hydrogen (secondary N) is 1. The standard InChI is InChI=1S/C13H15N5O2S/c14-16-12-6-5-11(18(19)20)13(15-12)17(9-3-4-9)8-10-2-1-7-21-10/h1-2,5-7,9H,3-4,8,14H2,(H,15,16). The van der Waals surface area contributed by atoms with Gasteiger partial charge in [-0.25, -0.2) is 10.8 Å². The molecule has 0 spiro atoms. The average molecular weight is 305 g/mol. The van der Waals surface area contributed by atoms with Crippen LogP contribution < -0.4 is 16.2 Å². The first-order valence-electron chi connectivity index (χ1n) is 6.60. The SMILES string of the molecule is NNc1ccc([N+](=O)[O-])c(N(Cc2cccs2)C2CC2)n1. The second-order valence-corrected chi connectivity index (χ2v) is 5.91. The topological polar surface area (TPSA) is 97.3 Å². The third-order valence-corrected chi connectivity index (χ3v) is 4.23. The average Bonchev–Trinajstić information content (AvgIpc) is 3.20. The molecule has 2 aromatic heterocycles. The molecule has 21 heavy (non-hydrogen) atoms. The lowest BCUT2D eigenvalue weighted by Crippen LogP contribution is -2.27. The highest BCUT2D eigenvalue weighted by Gasteiger charge is 2.34. The molecule has 0 saturated heterocycles. The molecule has 1 aliphatic carbocycles. The quantitative estimate of drug-likeness (QED) is 0.483. The highest BCUT2D eigenvalue weighted by Crippen LogP contribution is 2.37. The third-order valence-electron chi connectivity index (χ3n) is 3.37. The van der Waals surface area contributed by atoms with Crippen LogP contribution >= 0.6 is 11.3 Å². The monoisotopic (exact) mass is 305 g/mol. The molecule has 1 aliphatic rings. The van der Waals surface area contributed by atoms with Crippen molar-refractivity contribution in [3.8, 4) is 0 Å². The fraction of sp³-hybridized carbons (Fsp3) is 0.308. The number of anilines is 2. The Balaban J connectivity index is 1.99. The van der Waals surface area contributed by atoms with Crippen molar-refractivity contribution >= 4 is 28.7 Å². The summed E-state index contributed by atoms with van der Waals surface area (Å²) >= 11 is 1.64. The lowest BCUT2D eigenvalue weighted by Gasteiger charge is -2.23. The second-order valence-electron chi connectivity index (χ2n) is 4.88. The molecule has 0 aliphatic heterocycles. The van der Waals surface area contributed by atoms with E-state index in [0.29, 0.717) is 24.2 Å². The van der Waals surface area contributed by atoms with Crippen LogP contribution in [-0.2, 0) is 6.54 Å². The zero-order valence-electron chi connectivity index (χ0n) is 11.2. The van der Waals surface area contributed by atoms with Crippen LogP contribution in [0.4, 0.5) is 17.3 Å². The van der Waals surface area contributed by atoms with Crippen molar-refractivity contribution in [2.75, 3.05) is 10.3 Å². The Morgan fingerprint density at radius 2 is 2.29 bits per heavy atom. The number of rotatable bonds is 6. The Kier molecular flexibility index (Phi) is 3.72. The number of pyridine rings is 1. The van der Waals surface area contributed by atoms with Crippen LogP contribution in [0.15, 0.2) is 29.6 Å². The van der Waals surface area contributed by atoms with Gasteiger partial charge in [0.25, 0.3) is 0 Å². The predicted molar refractivity (Wildman–Crippen MR) is 82.2 cm³/mol. The van der Waals surface area contributed by atoms with Gasteiger partial charge in [0.2, 0.25) is 5.82 Å². The van der Waals surface area contributed by atoms with Gasteiger partial charge in [0.05, 0.1) is 11.5 Å². The Morgan fingerprint density at radius 3 is 2.86 bits per heavy atom. The van der Waals surface area contributed by atoms with Crippen molar-refractivity contribution in [2.45, 2.75) is 25.4 Å². The van der Waals surface area contributed by atoms with Gasteiger partial charge in [0, 0.05) is 17.0 Å². The van der Waals surface area contributed by atoms with E-state index in [2.05, 4.69) is 10.4 Å². The summed E-state index contributed by atoms with van der Waals surface area (Å²) in [6, 6.07) is 7.27. The number of thiophene rings is 1. The molecular formula is C13H15N5O2S. The van der Waals surface area contributed by atoms with Gasteiger partial charge in [0.15, 0.2) is 0 Å². The van der Waals surface area contributed by atoms with Gasteiger partial charge >= 0.3 is 5.69 Å². The maximum Gasteiger partial charge on any atom is 0.311 e. The van der Waals surface area contributed by atoms with Crippen molar-refractivity contribution in [1.29, 1.82) is 0 Å². The zero-order valence-corrected chi connectivity index (χ0v) is 12.0. The van der Waals surface area contributed by atoms with Crippen LogP contribution in [0.5, 0.6) is 0 Å². The number of aromatic nitrogens is 1. The summed E-state index contributed by atoms with van der Waals surface area (Å²) in [5.74, 6) is 6.18. The van der Waals surface area contributed by atoms with Gasteiger partial charge in [-0.05, 0) is 30.4 Å². The van der Waals surface area contributed by atoms with E-state index >= 15 is 0 Å². The second kappa shape index (κ2) is 5.66. The molecule has 0 bridgehead atoms. The molecule has 0 aromatic carbocycles. The summed E-state index contributed by atoms with van der Waals surface area (Å²) in [4.78, 5) is 18.3. The maximum atomic E-state index is 11.3. The molecule has 0 amide bonds. The fourth-order valence-electron chi connectivity index (χ4n) is 2.21. The number of hydrogen-bond donors (Lipinski definition) is 2. The summed E-state index contributed by atoms with van der Waals surface area (Å²) < 4.78 is 0. The van der Waals surface area contributed by atoms with E-state index in [1.165, 1.54) is 12.1 Å². The summed E-state index contributed by atoms with van der Waals surface area (Å²) in [5.41, 5.74) is 2.46. The van der Waals surface area contributed by atoms with Crippen LogP contribution in [0.3, 0.4) is 0 Å². The highest BCUT2D eigenvalue weighted by atomic mass is 32.1. The molecule has 1 fully saturated rings. The fourth-order valence-corrected chi connectivity index (χ4v) is 2.91. The first-order chi connectivity index (χ1) is 10.2. The van der Waals surface area contributed by atoms with Gasteiger partial charge < -0.3 is 10.3 Å². The van der Waals surface area contributed by atoms with E-state index in [0.717, 1.165) is 17.7 Å². The molecule has 110 valence electrons. The van der Waals surface area contributed by atoms with Crippen LogP contribution in [0, 0.1) is 10.1 Å². The number of nitrogens with zero attached hydrogens (tertiary/aromatic N) is 3. The molecule has 0 unspecified atom stereocenters. The molecule has 2 heterocycles. The van der Waals surface area contributed by atoms with Crippen LogP contribution in [0.1, 0.15) is 17.7 Å². The molecule has 0 atom stereocenters. The zero-order chi connectivity index (χ0) is 14.8. The van der Waals surface area contributed by atoms with Gasteiger partial charge in [-0.2, -0.15) is 0 Å². The number of hydrazine groups is 1. The van der Waals surface area contributed by atoms with Crippen LogP contribution in [0.25, 0.3) is 0 Å². The minimum atomic E-state index is -0.396. The molecule has 3 rings (SSSR count). The maximum absolute atomic E-state index is 11.3. The lowest BCUT2D eigenvalue weighted by molar-refractivity contribution is -0.384. The van der Waals surface area contributed by atoms with E-state index in [9.17, 15) is 10.1 Å². The van der Waals surface area contributed by atoms with Crippen LogP contribution in [0.2, 0.25) is 0 Å². The van der Waals surface area contributed by atoms with Gasteiger partial charge in [0.1, 0.15) is 5.82 Å². The van der Waals surface area contributed by atoms with E-state index in [1.54, 1.807) is 11.3 Å². The molecule has 8 heteroatoms. The Bertz CT molecular complexity index is 642. The smallest absolute Gasteiger partial charge is 0.311 e. The first kappa shape index (κ1) is 13.8. The van der Waals surface area contributed by atoms with Gasteiger partial charge in [-0.1, -0.05) is 6.07 Å². The summed E-state index contributed by atoms with van der Waals surface area (Å²) in [7, 11) is 0. The minimum Gasteiger partial charge on any atom is -0.343 e. The van der Waals surface area contributed by atoms with Gasteiger partial charge in [-0.3, -0.25) is 10.1 Å². The largest absolute Gasteiger partial charge is 0.343 e. The summed E-state index contributed by atoms with van der Waals surface area (Å²) in [6.45, 7) is 0.629. The Labute approximate surface area is 125 Å². The summed E-state index contributed by atoms with van der Waals surface area (Å²) in [6.07, 6.45) is 2.06. The van der Waals surface area contributed by atoms with Crippen molar-refractivity contribution in [3.63, 3.8) is 0 Å². The number of nitrogens with two attached hydrogens (primary N) is 1. The molecule has 2 aromatic rings. The van der Waals surface area contributed by atoms with Crippen molar-refractivity contribution in [3.05, 3.63) is 44.6 Å². The minimum absolute atomic E-state index is 0.0115. The Hall–Kier alpha value is -2.19. The number of nitro groups is 1.